The first-order valence-electron chi connectivity index (χ1n) is 9.30. The fourth-order valence-electron chi connectivity index (χ4n) is 3.39. The van der Waals surface area contributed by atoms with E-state index in [4.69, 9.17) is 19.2 Å². The van der Waals surface area contributed by atoms with Crippen LogP contribution >= 0.6 is 24.0 Å². The van der Waals surface area contributed by atoms with Crippen LogP contribution in [0.15, 0.2) is 23.2 Å². The molecule has 1 aromatic carbocycles. The van der Waals surface area contributed by atoms with Gasteiger partial charge >= 0.3 is 0 Å². The van der Waals surface area contributed by atoms with Gasteiger partial charge in [0.25, 0.3) is 0 Å². The number of nitrogens with one attached hydrogen (secondary N) is 1. The van der Waals surface area contributed by atoms with Crippen LogP contribution in [0, 0.1) is 5.82 Å². The summed E-state index contributed by atoms with van der Waals surface area (Å²) in [6.45, 7) is 6.25. The van der Waals surface area contributed by atoms with Gasteiger partial charge < -0.3 is 24.4 Å². The summed E-state index contributed by atoms with van der Waals surface area (Å²) in [5, 5.41) is 3.33. The van der Waals surface area contributed by atoms with Crippen LogP contribution in [0.5, 0.6) is 5.75 Å². The number of nitrogens with zero attached hydrogens (tertiary/aromatic N) is 2. The van der Waals surface area contributed by atoms with Gasteiger partial charge in [0.05, 0.1) is 26.4 Å². The van der Waals surface area contributed by atoms with E-state index in [0.717, 1.165) is 50.6 Å². The lowest BCUT2D eigenvalue weighted by Gasteiger charge is -2.37. The number of morpholine rings is 1. The van der Waals surface area contributed by atoms with E-state index in [9.17, 15) is 4.39 Å². The molecule has 1 aromatic rings. The molecule has 0 amide bonds. The van der Waals surface area contributed by atoms with Crippen LogP contribution in [-0.2, 0) is 16.0 Å². The molecule has 2 fully saturated rings. The lowest BCUT2D eigenvalue weighted by Crippen LogP contribution is -2.53. The molecular formula is C19H29FIN3O3. The number of guanidine groups is 1. The lowest BCUT2D eigenvalue weighted by molar-refractivity contribution is -0.0817. The van der Waals surface area contributed by atoms with Crippen LogP contribution < -0.4 is 10.1 Å². The molecule has 0 aliphatic carbocycles. The fraction of sp³-hybridized carbons (Fsp3) is 0.632. The topological polar surface area (TPSA) is 55.3 Å². The van der Waals surface area contributed by atoms with Gasteiger partial charge in [-0.1, -0.05) is 6.07 Å². The monoisotopic (exact) mass is 493 g/mol. The molecule has 8 heteroatoms. The molecule has 2 unspecified atom stereocenters. The van der Waals surface area contributed by atoms with Crippen molar-refractivity contribution < 1.29 is 18.6 Å². The van der Waals surface area contributed by atoms with Gasteiger partial charge in [-0.25, -0.2) is 9.38 Å². The highest BCUT2D eigenvalue weighted by Crippen LogP contribution is 2.21. The molecule has 0 radical (unpaired) electrons. The largest absolute Gasteiger partial charge is 0.494 e. The van der Waals surface area contributed by atoms with Crippen LogP contribution in [0.1, 0.15) is 25.3 Å². The quantitative estimate of drug-likeness (QED) is 0.389. The molecule has 6 nitrogen and oxygen atoms in total. The smallest absolute Gasteiger partial charge is 0.194 e. The predicted molar refractivity (Wildman–Crippen MR) is 113 cm³/mol. The molecule has 2 aliphatic heterocycles. The van der Waals surface area contributed by atoms with Crippen LogP contribution in [0.25, 0.3) is 0 Å². The normalized spacial score (nSPS) is 23.1. The molecule has 1 N–H and O–H groups in total. The van der Waals surface area contributed by atoms with Crippen molar-refractivity contribution in [1.82, 2.24) is 10.2 Å². The van der Waals surface area contributed by atoms with E-state index in [2.05, 4.69) is 10.2 Å². The second-order valence-corrected chi connectivity index (χ2v) is 6.55. The zero-order valence-corrected chi connectivity index (χ0v) is 18.3. The Morgan fingerprint density at radius 2 is 2.15 bits per heavy atom. The van der Waals surface area contributed by atoms with Gasteiger partial charge in [-0.05, 0) is 37.5 Å². The number of halogens is 2. The maximum absolute atomic E-state index is 13.9. The summed E-state index contributed by atoms with van der Waals surface area (Å²) >= 11 is 0. The highest BCUT2D eigenvalue weighted by Gasteiger charge is 2.32. The summed E-state index contributed by atoms with van der Waals surface area (Å²) in [4.78, 5) is 6.90. The molecule has 27 heavy (non-hydrogen) atoms. The minimum absolute atomic E-state index is 0. The standard InChI is InChI=1S/C19H28FN3O3.HI/c1-3-21-19(22-12-14-6-7-16(24-2)15(20)11-14)23-8-10-26-18(13-23)17-5-4-9-25-17;/h6-7,11,17-18H,3-5,8-10,12-13H2,1-2H3,(H,21,22);1H. The van der Waals surface area contributed by atoms with Crippen LogP contribution in [-0.4, -0.2) is 63.0 Å². The molecule has 3 rings (SSSR count). The average molecular weight is 493 g/mol. The van der Waals surface area contributed by atoms with Crippen molar-refractivity contribution in [2.75, 3.05) is 40.0 Å². The summed E-state index contributed by atoms with van der Waals surface area (Å²) < 4.78 is 30.5. The molecular weight excluding hydrogens is 464 g/mol. The number of methoxy groups -OCH3 is 1. The molecule has 152 valence electrons. The first-order chi connectivity index (χ1) is 12.7. The molecule has 2 heterocycles. The first-order valence-corrected chi connectivity index (χ1v) is 9.30. The number of benzene rings is 1. The Balaban J connectivity index is 0.00000261. The number of hydrogen-bond acceptors (Lipinski definition) is 4. The van der Waals surface area contributed by atoms with Crippen molar-refractivity contribution >= 4 is 29.9 Å². The van der Waals surface area contributed by atoms with E-state index < -0.39 is 0 Å². The first kappa shape index (κ1) is 22.2. The van der Waals surface area contributed by atoms with E-state index in [-0.39, 0.29) is 47.8 Å². The third kappa shape index (κ3) is 5.92. The van der Waals surface area contributed by atoms with Gasteiger partial charge in [0, 0.05) is 26.2 Å². The molecule has 0 saturated carbocycles. The molecule has 2 saturated heterocycles. The van der Waals surface area contributed by atoms with E-state index in [1.165, 1.54) is 13.2 Å². The molecule has 0 bridgehead atoms. The van der Waals surface area contributed by atoms with Gasteiger partial charge in [0.15, 0.2) is 17.5 Å². The minimum Gasteiger partial charge on any atom is -0.494 e. The zero-order valence-electron chi connectivity index (χ0n) is 15.9. The van der Waals surface area contributed by atoms with Gasteiger partial charge in [0.1, 0.15) is 6.10 Å². The van der Waals surface area contributed by atoms with Crippen molar-refractivity contribution in [3.8, 4) is 5.75 Å². The molecule has 0 spiro atoms. The van der Waals surface area contributed by atoms with Gasteiger partial charge in [-0.3, -0.25) is 0 Å². The van der Waals surface area contributed by atoms with E-state index in [0.29, 0.717) is 13.2 Å². The van der Waals surface area contributed by atoms with E-state index in [1.54, 1.807) is 6.07 Å². The Labute approximate surface area is 177 Å². The number of rotatable bonds is 5. The van der Waals surface area contributed by atoms with Crippen LogP contribution in [0.4, 0.5) is 4.39 Å². The third-order valence-electron chi connectivity index (χ3n) is 4.74. The Bertz CT molecular complexity index is 626. The number of hydrogen-bond donors (Lipinski definition) is 1. The molecule has 2 atom stereocenters. The van der Waals surface area contributed by atoms with Gasteiger partial charge in [-0.2, -0.15) is 0 Å². The van der Waals surface area contributed by atoms with Gasteiger partial charge in [-0.15, -0.1) is 24.0 Å². The molecule has 2 aliphatic rings. The summed E-state index contributed by atoms with van der Waals surface area (Å²) in [5.41, 5.74) is 0.808. The summed E-state index contributed by atoms with van der Waals surface area (Å²) in [6, 6.07) is 4.94. The van der Waals surface area contributed by atoms with Gasteiger partial charge in [0.2, 0.25) is 0 Å². The van der Waals surface area contributed by atoms with Crippen molar-refractivity contribution in [1.29, 1.82) is 0 Å². The minimum atomic E-state index is -0.366. The van der Waals surface area contributed by atoms with Crippen molar-refractivity contribution in [2.24, 2.45) is 4.99 Å². The van der Waals surface area contributed by atoms with Crippen molar-refractivity contribution in [3.05, 3.63) is 29.6 Å². The lowest BCUT2D eigenvalue weighted by atomic mass is 10.1. The highest BCUT2D eigenvalue weighted by molar-refractivity contribution is 14.0. The number of ether oxygens (including phenoxy) is 3. The zero-order chi connectivity index (χ0) is 18.4. The predicted octanol–water partition coefficient (Wildman–Crippen LogP) is 2.80. The Morgan fingerprint density at radius 1 is 1.33 bits per heavy atom. The van der Waals surface area contributed by atoms with E-state index in [1.807, 2.05) is 13.0 Å². The van der Waals surface area contributed by atoms with Crippen LogP contribution in [0.2, 0.25) is 0 Å². The Kier molecular flexibility index (Phi) is 9.04. The Morgan fingerprint density at radius 3 is 2.81 bits per heavy atom. The van der Waals surface area contributed by atoms with Crippen LogP contribution in [0.3, 0.4) is 0 Å². The summed E-state index contributed by atoms with van der Waals surface area (Å²) in [5.74, 6) is 0.710. The maximum Gasteiger partial charge on any atom is 0.194 e. The van der Waals surface area contributed by atoms with Crippen molar-refractivity contribution in [3.63, 3.8) is 0 Å². The third-order valence-corrected chi connectivity index (χ3v) is 4.74. The average Bonchev–Trinajstić information content (AvgIpc) is 3.20. The fourth-order valence-corrected chi connectivity index (χ4v) is 3.39. The Hall–Kier alpha value is -1.13. The second kappa shape index (κ2) is 11.0. The van der Waals surface area contributed by atoms with E-state index >= 15 is 0 Å². The summed E-state index contributed by atoms with van der Waals surface area (Å²) in [7, 11) is 1.46. The number of aliphatic imine (C=N–C) groups is 1. The second-order valence-electron chi connectivity index (χ2n) is 6.55. The SMILES string of the molecule is CCNC(=NCc1ccc(OC)c(F)c1)N1CCOC(C2CCCO2)C1.I. The summed E-state index contributed by atoms with van der Waals surface area (Å²) in [6.07, 6.45) is 2.41. The maximum atomic E-state index is 13.9. The highest BCUT2D eigenvalue weighted by atomic mass is 127. The van der Waals surface area contributed by atoms with Crippen molar-refractivity contribution in [2.45, 2.75) is 38.5 Å². The molecule has 0 aromatic heterocycles.